The van der Waals surface area contributed by atoms with Gasteiger partial charge in [-0.2, -0.15) is 0 Å². The molecule has 1 saturated heterocycles. The van der Waals surface area contributed by atoms with Gasteiger partial charge in [0.1, 0.15) is 24.2 Å². The van der Waals surface area contributed by atoms with Crippen LogP contribution >= 0.6 is 0 Å². The minimum atomic E-state index is -2.74. The highest BCUT2D eigenvalue weighted by molar-refractivity contribution is 5.81. The molecule has 3 heterocycles. The molecule has 0 aliphatic carbocycles. The van der Waals surface area contributed by atoms with E-state index >= 15 is 0 Å². The number of hydrogen-bond donors (Lipinski definition) is 2. The van der Waals surface area contributed by atoms with Crippen LogP contribution in [0.4, 0.5) is 14.6 Å². The van der Waals surface area contributed by atoms with Gasteiger partial charge in [-0.05, 0) is 0 Å². The molecule has 3 atom stereocenters. The molecular formula is C10H11F2N5O2. The molecular weight excluding hydrogens is 260 g/mol. The highest BCUT2D eigenvalue weighted by atomic mass is 19.3. The lowest BCUT2D eigenvalue weighted by Crippen LogP contribution is -2.28. The Morgan fingerprint density at radius 1 is 1.42 bits per heavy atom. The van der Waals surface area contributed by atoms with Crippen molar-refractivity contribution in [1.29, 1.82) is 0 Å². The van der Waals surface area contributed by atoms with E-state index in [9.17, 15) is 13.9 Å². The second-order valence-corrected chi connectivity index (χ2v) is 4.28. The fourth-order valence-corrected chi connectivity index (χ4v) is 2.16. The Balaban J connectivity index is 1.96. The first-order valence-electron chi connectivity index (χ1n) is 5.62. The molecule has 0 unspecified atom stereocenters. The number of nitrogens with two attached hydrogens (primary N) is 1. The van der Waals surface area contributed by atoms with E-state index in [-0.39, 0.29) is 12.2 Å². The van der Waals surface area contributed by atoms with Gasteiger partial charge >= 0.3 is 0 Å². The number of imidazole rings is 1. The van der Waals surface area contributed by atoms with Crippen molar-refractivity contribution >= 4 is 17.0 Å². The molecule has 1 aliphatic rings. The summed E-state index contributed by atoms with van der Waals surface area (Å²) in [5.41, 5.74) is 6.40. The van der Waals surface area contributed by atoms with Gasteiger partial charge in [0.05, 0.1) is 12.4 Å². The van der Waals surface area contributed by atoms with Crippen LogP contribution in [0, 0.1) is 0 Å². The number of aromatic nitrogens is 4. The molecule has 0 saturated carbocycles. The van der Waals surface area contributed by atoms with Crippen molar-refractivity contribution in [1.82, 2.24) is 19.5 Å². The van der Waals surface area contributed by atoms with Crippen LogP contribution in [0.1, 0.15) is 12.6 Å². The van der Waals surface area contributed by atoms with Gasteiger partial charge in [0.25, 0.3) is 6.43 Å². The summed E-state index contributed by atoms with van der Waals surface area (Å²) in [6.45, 7) is 0. The fraction of sp³-hybridized carbons (Fsp3) is 0.500. The number of anilines is 1. The van der Waals surface area contributed by atoms with Crippen molar-refractivity contribution in [3.05, 3.63) is 12.7 Å². The van der Waals surface area contributed by atoms with Crippen LogP contribution in [-0.2, 0) is 4.74 Å². The van der Waals surface area contributed by atoms with E-state index in [1.54, 1.807) is 0 Å². The van der Waals surface area contributed by atoms with E-state index in [4.69, 9.17) is 10.5 Å². The maximum absolute atomic E-state index is 12.6. The molecule has 3 N–H and O–H groups in total. The number of halogens is 2. The van der Waals surface area contributed by atoms with Crippen molar-refractivity contribution in [2.45, 2.75) is 31.3 Å². The van der Waals surface area contributed by atoms with Crippen LogP contribution in [0.15, 0.2) is 12.7 Å². The lowest BCUT2D eigenvalue weighted by atomic mass is 10.2. The van der Waals surface area contributed by atoms with Crippen LogP contribution in [0.2, 0.25) is 0 Å². The quantitative estimate of drug-likeness (QED) is 0.816. The van der Waals surface area contributed by atoms with Crippen LogP contribution in [0.5, 0.6) is 0 Å². The Kier molecular flexibility index (Phi) is 2.79. The summed E-state index contributed by atoms with van der Waals surface area (Å²) in [5.74, 6) is 0.202. The topological polar surface area (TPSA) is 99.1 Å². The standard InChI is InChI=1S/C10H11F2N5O2/c11-8(12)7-4(18)1-5(19-7)17-3-16-6-9(13)14-2-15-10(6)17/h2-5,7-8,18H,1H2,(H2,13,14,15)/t4-,5+,7-/m0/s1. The first kappa shape index (κ1) is 12.2. The minimum absolute atomic E-state index is 0.0460. The van der Waals surface area contributed by atoms with Crippen molar-refractivity contribution in [3.63, 3.8) is 0 Å². The van der Waals surface area contributed by atoms with E-state index < -0.39 is 24.9 Å². The predicted molar refractivity (Wildman–Crippen MR) is 60.3 cm³/mol. The Bertz CT molecular complexity index is 605. The maximum atomic E-state index is 12.6. The molecule has 0 amide bonds. The van der Waals surface area contributed by atoms with Crippen LogP contribution in [0.25, 0.3) is 11.2 Å². The Morgan fingerprint density at radius 2 is 2.21 bits per heavy atom. The predicted octanol–water partition coefficient (Wildman–Crippen LogP) is 0.322. The van der Waals surface area contributed by atoms with Crippen molar-refractivity contribution in [2.75, 3.05) is 5.73 Å². The molecule has 0 aromatic carbocycles. The molecule has 0 spiro atoms. The summed E-state index contributed by atoms with van der Waals surface area (Å²) in [5, 5.41) is 9.56. The monoisotopic (exact) mass is 271 g/mol. The average molecular weight is 271 g/mol. The molecule has 3 rings (SSSR count). The van der Waals surface area contributed by atoms with Crippen LogP contribution in [0.3, 0.4) is 0 Å². The average Bonchev–Trinajstić information content (AvgIpc) is 2.93. The third-order valence-corrected chi connectivity index (χ3v) is 3.08. The van der Waals surface area contributed by atoms with E-state index in [1.807, 2.05) is 0 Å². The van der Waals surface area contributed by atoms with Gasteiger partial charge in [0.2, 0.25) is 0 Å². The van der Waals surface area contributed by atoms with Gasteiger partial charge in [-0.25, -0.2) is 23.7 Å². The van der Waals surface area contributed by atoms with Gasteiger partial charge in [0, 0.05) is 6.42 Å². The lowest BCUT2D eigenvalue weighted by Gasteiger charge is -2.14. The molecule has 0 bridgehead atoms. The SMILES string of the molecule is Nc1ncnc2c1ncn2[C@H]1C[C@H](O)[C@@H](C(F)F)O1. The van der Waals surface area contributed by atoms with Gasteiger partial charge in [0.15, 0.2) is 11.5 Å². The summed E-state index contributed by atoms with van der Waals surface area (Å²) in [6, 6.07) is 0. The first-order chi connectivity index (χ1) is 9.08. The van der Waals surface area contributed by atoms with E-state index in [2.05, 4.69) is 15.0 Å². The molecule has 0 radical (unpaired) electrons. The fourth-order valence-electron chi connectivity index (χ4n) is 2.16. The summed E-state index contributed by atoms with van der Waals surface area (Å²) in [4.78, 5) is 11.8. The summed E-state index contributed by atoms with van der Waals surface area (Å²) in [6.07, 6.45) is -3.51. The second kappa shape index (κ2) is 4.35. The van der Waals surface area contributed by atoms with Crippen LogP contribution in [-0.4, -0.2) is 43.3 Å². The smallest absolute Gasteiger partial charge is 0.266 e. The third kappa shape index (κ3) is 1.90. The zero-order chi connectivity index (χ0) is 13.6. The van der Waals surface area contributed by atoms with Gasteiger partial charge in [-0.3, -0.25) is 4.57 Å². The van der Waals surface area contributed by atoms with E-state index in [1.165, 1.54) is 17.2 Å². The molecule has 7 nitrogen and oxygen atoms in total. The van der Waals surface area contributed by atoms with E-state index in [0.717, 1.165) is 0 Å². The van der Waals surface area contributed by atoms with Crippen molar-refractivity contribution in [2.24, 2.45) is 0 Å². The number of alkyl halides is 2. The van der Waals surface area contributed by atoms with Crippen LogP contribution < -0.4 is 5.73 Å². The van der Waals surface area contributed by atoms with E-state index in [0.29, 0.717) is 11.2 Å². The maximum Gasteiger partial charge on any atom is 0.266 e. The molecule has 102 valence electrons. The number of aliphatic hydroxyl groups excluding tert-OH is 1. The number of nitrogen functional groups attached to an aromatic ring is 1. The largest absolute Gasteiger partial charge is 0.390 e. The van der Waals surface area contributed by atoms with Crippen molar-refractivity contribution in [3.8, 4) is 0 Å². The number of rotatable bonds is 2. The molecule has 2 aromatic rings. The Morgan fingerprint density at radius 3 is 2.89 bits per heavy atom. The summed E-state index contributed by atoms with van der Waals surface area (Å²) >= 11 is 0. The number of hydrogen-bond acceptors (Lipinski definition) is 6. The zero-order valence-corrected chi connectivity index (χ0v) is 9.65. The summed E-state index contributed by atoms with van der Waals surface area (Å²) < 4.78 is 31.9. The number of nitrogens with zero attached hydrogens (tertiary/aromatic N) is 4. The Labute approximate surface area is 106 Å². The number of aliphatic hydroxyl groups is 1. The minimum Gasteiger partial charge on any atom is -0.390 e. The highest BCUT2D eigenvalue weighted by Crippen LogP contribution is 2.33. The van der Waals surface area contributed by atoms with Crippen molar-refractivity contribution < 1.29 is 18.6 Å². The summed E-state index contributed by atoms with van der Waals surface area (Å²) in [7, 11) is 0. The third-order valence-electron chi connectivity index (χ3n) is 3.08. The second-order valence-electron chi connectivity index (χ2n) is 4.28. The lowest BCUT2D eigenvalue weighted by molar-refractivity contribution is -0.0956. The number of ether oxygens (including phenoxy) is 1. The van der Waals surface area contributed by atoms with Gasteiger partial charge < -0.3 is 15.6 Å². The molecule has 19 heavy (non-hydrogen) atoms. The first-order valence-corrected chi connectivity index (χ1v) is 5.62. The zero-order valence-electron chi connectivity index (χ0n) is 9.65. The number of fused-ring (bicyclic) bond motifs is 1. The Hall–Kier alpha value is -1.87. The highest BCUT2D eigenvalue weighted by Gasteiger charge is 2.41. The normalized spacial score (nSPS) is 27.5. The molecule has 2 aromatic heterocycles. The van der Waals surface area contributed by atoms with Gasteiger partial charge in [-0.1, -0.05) is 0 Å². The molecule has 9 heteroatoms. The van der Waals surface area contributed by atoms with Gasteiger partial charge in [-0.15, -0.1) is 0 Å². The molecule has 1 aliphatic heterocycles. The molecule has 1 fully saturated rings.